The molecular formula is C20H27N5. The van der Waals surface area contributed by atoms with E-state index in [4.69, 9.17) is 10.7 Å². The number of piperidine rings is 1. The summed E-state index contributed by atoms with van der Waals surface area (Å²) in [5.41, 5.74) is 9.87. The summed E-state index contributed by atoms with van der Waals surface area (Å²) < 4.78 is 0. The molecule has 1 atom stereocenters. The van der Waals surface area contributed by atoms with E-state index in [1.54, 1.807) is 0 Å². The highest BCUT2D eigenvalue weighted by atomic mass is 15.2. The maximum atomic E-state index is 6.06. The number of likely N-dealkylation sites (tertiary alicyclic amines) is 1. The van der Waals surface area contributed by atoms with Crippen LogP contribution < -0.4 is 11.1 Å². The molecule has 5 nitrogen and oxygen atoms in total. The lowest BCUT2D eigenvalue weighted by molar-refractivity contribution is 0.136. The Bertz CT molecular complexity index is 716. The van der Waals surface area contributed by atoms with Crippen molar-refractivity contribution in [3.63, 3.8) is 0 Å². The standard InChI is InChI=1S/C20H27N5/c21-20-23-18(16-10-4-6-12-22-19(16)24-20)17-11-5-7-13-25(17)14-15-8-2-1-3-9-15/h1-3,8-9,17H,4-7,10-14H2,(H3,21,22,23,24). The van der Waals surface area contributed by atoms with Gasteiger partial charge >= 0.3 is 0 Å². The number of hydrogen-bond acceptors (Lipinski definition) is 5. The van der Waals surface area contributed by atoms with Crippen molar-refractivity contribution < 1.29 is 0 Å². The normalized spacial score (nSPS) is 21.2. The minimum atomic E-state index is 0.341. The molecule has 4 rings (SSSR count). The zero-order valence-corrected chi connectivity index (χ0v) is 14.7. The van der Waals surface area contributed by atoms with Crippen molar-refractivity contribution in [1.82, 2.24) is 14.9 Å². The molecule has 0 saturated carbocycles. The number of fused-ring (bicyclic) bond motifs is 1. The number of nitrogen functional groups attached to an aromatic ring is 1. The fourth-order valence-corrected chi connectivity index (χ4v) is 4.13. The smallest absolute Gasteiger partial charge is 0.222 e. The molecule has 2 aliphatic rings. The van der Waals surface area contributed by atoms with Gasteiger partial charge in [-0.2, -0.15) is 4.98 Å². The van der Waals surface area contributed by atoms with Crippen LogP contribution in [-0.2, 0) is 13.0 Å². The fraction of sp³-hybridized carbons (Fsp3) is 0.500. The lowest BCUT2D eigenvalue weighted by Crippen LogP contribution is -2.34. The van der Waals surface area contributed by atoms with E-state index in [-0.39, 0.29) is 0 Å². The zero-order chi connectivity index (χ0) is 17.1. The second kappa shape index (κ2) is 7.40. The number of nitrogens with two attached hydrogens (primary N) is 1. The van der Waals surface area contributed by atoms with Gasteiger partial charge in [-0.1, -0.05) is 36.8 Å². The zero-order valence-electron chi connectivity index (χ0n) is 14.7. The average molecular weight is 337 g/mol. The Morgan fingerprint density at radius 2 is 1.96 bits per heavy atom. The minimum absolute atomic E-state index is 0.341. The van der Waals surface area contributed by atoms with Crippen molar-refractivity contribution in [3.8, 4) is 0 Å². The molecule has 132 valence electrons. The minimum Gasteiger partial charge on any atom is -0.370 e. The van der Waals surface area contributed by atoms with Crippen molar-refractivity contribution in [2.75, 3.05) is 24.1 Å². The Balaban J connectivity index is 1.67. The van der Waals surface area contributed by atoms with Crippen LogP contribution in [0.2, 0.25) is 0 Å². The van der Waals surface area contributed by atoms with Gasteiger partial charge in [-0.15, -0.1) is 0 Å². The van der Waals surface area contributed by atoms with Crippen LogP contribution in [0.4, 0.5) is 11.8 Å². The second-order valence-corrected chi connectivity index (χ2v) is 7.15. The fourth-order valence-electron chi connectivity index (χ4n) is 4.13. The third-order valence-electron chi connectivity index (χ3n) is 5.36. The first-order chi connectivity index (χ1) is 12.3. The summed E-state index contributed by atoms with van der Waals surface area (Å²) >= 11 is 0. The van der Waals surface area contributed by atoms with Crippen LogP contribution in [0.3, 0.4) is 0 Å². The molecule has 1 saturated heterocycles. The molecule has 1 unspecified atom stereocenters. The van der Waals surface area contributed by atoms with E-state index in [2.05, 4.69) is 45.5 Å². The highest BCUT2D eigenvalue weighted by Crippen LogP contribution is 2.36. The van der Waals surface area contributed by atoms with Gasteiger partial charge in [0.2, 0.25) is 5.95 Å². The van der Waals surface area contributed by atoms with E-state index in [0.29, 0.717) is 12.0 Å². The molecule has 2 aliphatic heterocycles. The predicted octanol–water partition coefficient (Wildman–Crippen LogP) is 3.53. The van der Waals surface area contributed by atoms with Crippen LogP contribution >= 0.6 is 0 Å². The largest absolute Gasteiger partial charge is 0.370 e. The summed E-state index contributed by atoms with van der Waals surface area (Å²) in [4.78, 5) is 11.8. The van der Waals surface area contributed by atoms with Gasteiger partial charge < -0.3 is 11.1 Å². The molecule has 3 heterocycles. The van der Waals surface area contributed by atoms with Crippen LogP contribution in [0.1, 0.15) is 55.0 Å². The third kappa shape index (κ3) is 3.61. The maximum Gasteiger partial charge on any atom is 0.222 e. The number of aromatic nitrogens is 2. The molecule has 0 amide bonds. The van der Waals surface area contributed by atoms with Crippen LogP contribution in [0, 0.1) is 0 Å². The topological polar surface area (TPSA) is 67.1 Å². The van der Waals surface area contributed by atoms with Crippen LogP contribution in [0.15, 0.2) is 30.3 Å². The van der Waals surface area contributed by atoms with Crippen LogP contribution in [0.25, 0.3) is 0 Å². The molecule has 1 aromatic heterocycles. The molecule has 0 bridgehead atoms. The molecule has 0 spiro atoms. The van der Waals surface area contributed by atoms with E-state index >= 15 is 0 Å². The van der Waals surface area contributed by atoms with Crippen LogP contribution in [-0.4, -0.2) is 28.0 Å². The van der Waals surface area contributed by atoms with Crippen molar-refractivity contribution in [3.05, 3.63) is 47.2 Å². The van der Waals surface area contributed by atoms with Crippen LogP contribution in [0.5, 0.6) is 0 Å². The number of benzene rings is 1. The summed E-state index contributed by atoms with van der Waals surface area (Å²) in [6, 6.07) is 11.1. The molecular weight excluding hydrogens is 310 g/mol. The van der Waals surface area contributed by atoms with Gasteiger partial charge in [-0.25, -0.2) is 4.98 Å². The van der Waals surface area contributed by atoms with Crippen molar-refractivity contribution in [1.29, 1.82) is 0 Å². The Kier molecular flexibility index (Phi) is 4.83. The molecule has 1 fully saturated rings. The Hall–Kier alpha value is -2.14. The molecule has 0 aliphatic carbocycles. The van der Waals surface area contributed by atoms with E-state index in [9.17, 15) is 0 Å². The van der Waals surface area contributed by atoms with Gasteiger partial charge in [0, 0.05) is 18.7 Å². The highest BCUT2D eigenvalue weighted by Gasteiger charge is 2.29. The molecule has 1 aromatic carbocycles. The van der Waals surface area contributed by atoms with Gasteiger partial charge in [-0.3, -0.25) is 4.90 Å². The summed E-state index contributed by atoms with van der Waals surface area (Å²) in [5.74, 6) is 1.36. The van der Waals surface area contributed by atoms with Gasteiger partial charge in [0.05, 0.1) is 11.7 Å². The first-order valence-corrected chi connectivity index (χ1v) is 9.49. The molecule has 25 heavy (non-hydrogen) atoms. The van der Waals surface area contributed by atoms with Gasteiger partial charge in [-0.05, 0) is 44.2 Å². The van der Waals surface area contributed by atoms with Crippen molar-refractivity contribution >= 4 is 11.8 Å². The molecule has 2 aromatic rings. The number of nitrogens with one attached hydrogen (secondary N) is 1. The van der Waals surface area contributed by atoms with E-state index in [1.807, 2.05) is 0 Å². The maximum absolute atomic E-state index is 6.06. The van der Waals surface area contributed by atoms with Crippen molar-refractivity contribution in [2.24, 2.45) is 0 Å². The Morgan fingerprint density at radius 3 is 2.84 bits per heavy atom. The summed E-state index contributed by atoms with van der Waals surface area (Å²) in [5, 5.41) is 3.46. The van der Waals surface area contributed by atoms with E-state index in [0.717, 1.165) is 44.0 Å². The van der Waals surface area contributed by atoms with E-state index in [1.165, 1.54) is 36.8 Å². The van der Waals surface area contributed by atoms with E-state index < -0.39 is 0 Å². The first-order valence-electron chi connectivity index (χ1n) is 9.49. The van der Waals surface area contributed by atoms with Gasteiger partial charge in [0.15, 0.2) is 0 Å². The predicted molar refractivity (Wildman–Crippen MR) is 101 cm³/mol. The molecule has 0 radical (unpaired) electrons. The summed E-state index contributed by atoms with van der Waals surface area (Å²) in [6.45, 7) is 3.06. The monoisotopic (exact) mass is 337 g/mol. The second-order valence-electron chi connectivity index (χ2n) is 7.15. The van der Waals surface area contributed by atoms with Gasteiger partial charge in [0.1, 0.15) is 5.82 Å². The Labute approximate surface area is 149 Å². The van der Waals surface area contributed by atoms with Crippen molar-refractivity contribution in [2.45, 2.75) is 51.1 Å². The third-order valence-corrected chi connectivity index (χ3v) is 5.36. The number of nitrogens with zero attached hydrogens (tertiary/aromatic N) is 3. The summed E-state index contributed by atoms with van der Waals surface area (Å²) in [7, 11) is 0. The number of hydrogen-bond donors (Lipinski definition) is 2. The number of anilines is 2. The Morgan fingerprint density at radius 1 is 1.08 bits per heavy atom. The lowest BCUT2D eigenvalue weighted by atomic mass is 9.94. The summed E-state index contributed by atoms with van der Waals surface area (Å²) in [6.07, 6.45) is 7.07. The highest BCUT2D eigenvalue weighted by molar-refractivity contribution is 5.51. The SMILES string of the molecule is Nc1nc2c(c(C3CCCCN3Cc3ccccc3)n1)CCCCN2. The first kappa shape index (κ1) is 16.3. The number of rotatable bonds is 3. The molecule has 5 heteroatoms. The lowest BCUT2D eigenvalue weighted by Gasteiger charge is -2.36. The average Bonchev–Trinajstić information content (AvgIpc) is 2.88. The quantitative estimate of drug-likeness (QED) is 0.897. The van der Waals surface area contributed by atoms with Gasteiger partial charge in [0.25, 0.3) is 0 Å². The molecule has 3 N–H and O–H groups in total.